The zero-order valence-electron chi connectivity index (χ0n) is 14.1. The molecular weight excluding hydrogens is 264 g/mol. The van der Waals surface area contributed by atoms with E-state index in [1.165, 1.54) is 12.8 Å². The standard InChI is InChI=1S/C9H12.2C5H6.C3H6/c1-2-8-5-7-3-4-9(8)6-7;2*1-2-4-5-3-1;1-3-2/h2-4,7,9H,5-6H2,1H3;2*1-4H,5H2;3H,1H2,2H3. The minimum Gasteiger partial charge on any atom is -0.103 e. The Bertz CT molecular complexity index is 438. The van der Waals surface area contributed by atoms with E-state index in [0.717, 1.165) is 24.7 Å². The molecule has 0 radical (unpaired) electrons. The molecule has 0 aromatic rings. The second-order valence-corrected chi connectivity index (χ2v) is 5.65. The summed E-state index contributed by atoms with van der Waals surface area (Å²) in [6.07, 6.45) is 30.5. The lowest BCUT2D eigenvalue weighted by molar-refractivity contribution is 0.693. The summed E-state index contributed by atoms with van der Waals surface area (Å²) in [4.78, 5) is 0. The van der Waals surface area contributed by atoms with Crippen molar-refractivity contribution in [1.82, 2.24) is 0 Å². The molecule has 4 rings (SSSR count). The Morgan fingerprint density at radius 1 is 0.909 bits per heavy atom. The second kappa shape index (κ2) is 11.8. The predicted molar refractivity (Wildman–Crippen MR) is 101 cm³/mol. The number of hydrogen-bond acceptors (Lipinski definition) is 0. The lowest BCUT2D eigenvalue weighted by Gasteiger charge is -2.05. The monoisotopic (exact) mass is 294 g/mol. The molecular formula is C22H30. The topological polar surface area (TPSA) is 0 Å². The van der Waals surface area contributed by atoms with Gasteiger partial charge >= 0.3 is 0 Å². The number of rotatable bonds is 0. The van der Waals surface area contributed by atoms with Crippen LogP contribution in [0.15, 0.2) is 85.1 Å². The third-order valence-corrected chi connectivity index (χ3v) is 3.83. The Balaban J connectivity index is 0.000000161. The molecule has 0 heteroatoms. The van der Waals surface area contributed by atoms with E-state index >= 15 is 0 Å². The summed E-state index contributed by atoms with van der Waals surface area (Å²) in [5.74, 6) is 1.74. The van der Waals surface area contributed by atoms with E-state index in [1.54, 1.807) is 11.6 Å². The van der Waals surface area contributed by atoms with Crippen LogP contribution in [0.5, 0.6) is 0 Å². The highest BCUT2D eigenvalue weighted by molar-refractivity contribution is 5.26. The van der Waals surface area contributed by atoms with Crippen LogP contribution in [-0.2, 0) is 0 Å². The van der Waals surface area contributed by atoms with Crippen LogP contribution in [0.2, 0.25) is 0 Å². The Hall–Kier alpha value is -1.82. The fourth-order valence-corrected chi connectivity index (χ4v) is 2.77. The maximum Gasteiger partial charge on any atom is -0.00174 e. The van der Waals surface area contributed by atoms with Gasteiger partial charge in [0.15, 0.2) is 0 Å². The van der Waals surface area contributed by atoms with Gasteiger partial charge in [-0.15, -0.1) is 6.58 Å². The third kappa shape index (κ3) is 7.26. The molecule has 0 heterocycles. The molecule has 0 nitrogen and oxygen atoms in total. The van der Waals surface area contributed by atoms with Gasteiger partial charge in [0.1, 0.15) is 0 Å². The molecule has 0 spiro atoms. The van der Waals surface area contributed by atoms with Crippen molar-refractivity contribution in [2.75, 3.05) is 0 Å². The van der Waals surface area contributed by atoms with E-state index in [-0.39, 0.29) is 0 Å². The van der Waals surface area contributed by atoms with Gasteiger partial charge in [0.05, 0.1) is 0 Å². The van der Waals surface area contributed by atoms with Crippen molar-refractivity contribution in [3.05, 3.63) is 85.1 Å². The Morgan fingerprint density at radius 3 is 1.59 bits per heavy atom. The highest BCUT2D eigenvalue weighted by Crippen LogP contribution is 2.42. The van der Waals surface area contributed by atoms with Gasteiger partial charge in [-0.25, -0.2) is 0 Å². The van der Waals surface area contributed by atoms with Gasteiger partial charge in [-0.05, 0) is 51.4 Å². The van der Waals surface area contributed by atoms with Gasteiger partial charge in [0, 0.05) is 0 Å². The van der Waals surface area contributed by atoms with Crippen LogP contribution in [0.4, 0.5) is 0 Å². The van der Waals surface area contributed by atoms with E-state index in [1.807, 2.05) is 6.92 Å². The van der Waals surface area contributed by atoms with Crippen molar-refractivity contribution in [3.63, 3.8) is 0 Å². The second-order valence-electron chi connectivity index (χ2n) is 5.65. The summed E-state index contributed by atoms with van der Waals surface area (Å²) in [5, 5.41) is 0. The van der Waals surface area contributed by atoms with E-state index < -0.39 is 0 Å². The quantitative estimate of drug-likeness (QED) is 0.435. The predicted octanol–water partition coefficient (Wildman–Crippen LogP) is 6.73. The first-order chi connectivity index (χ1) is 10.8. The summed E-state index contributed by atoms with van der Waals surface area (Å²) in [6.45, 7) is 7.41. The Labute approximate surface area is 137 Å². The lowest BCUT2D eigenvalue weighted by atomic mass is 10.0. The van der Waals surface area contributed by atoms with Crippen LogP contribution in [-0.4, -0.2) is 0 Å². The van der Waals surface area contributed by atoms with Crippen molar-refractivity contribution in [1.29, 1.82) is 0 Å². The molecule has 0 aliphatic heterocycles. The van der Waals surface area contributed by atoms with E-state index in [4.69, 9.17) is 0 Å². The lowest BCUT2D eigenvalue weighted by Crippen LogP contribution is -1.90. The summed E-state index contributed by atoms with van der Waals surface area (Å²) < 4.78 is 0. The van der Waals surface area contributed by atoms with Crippen molar-refractivity contribution in [2.45, 2.75) is 39.5 Å². The molecule has 118 valence electrons. The molecule has 22 heavy (non-hydrogen) atoms. The summed E-state index contributed by atoms with van der Waals surface area (Å²) in [5.41, 5.74) is 1.67. The SMILES string of the molecule is C1=CCC=C1.C1=CCC=C1.C=CC.CC=C1CC2C=CC1C2. The van der Waals surface area contributed by atoms with Gasteiger partial charge in [-0.1, -0.05) is 78.5 Å². The molecule has 2 atom stereocenters. The fourth-order valence-electron chi connectivity index (χ4n) is 2.77. The largest absolute Gasteiger partial charge is 0.103 e. The van der Waals surface area contributed by atoms with Crippen LogP contribution in [0.25, 0.3) is 0 Å². The molecule has 4 aliphatic carbocycles. The highest BCUT2D eigenvalue weighted by Gasteiger charge is 2.29. The average molecular weight is 294 g/mol. The summed E-state index contributed by atoms with van der Waals surface area (Å²) in [6, 6.07) is 0. The molecule has 2 unspecified atom stereocenters. The van der Waals surface area contributed by atoms with Crippen molar-refractivity contribution < 1.29 is 0 Å². The molecule has 1 saturated carbocycles. The Kier molecular flexibility index (Phi) is 9.78. The molecule has 4 aliphatic rings. The van der Waals surface area contributed by atoms with Gasteiger partial charge < -0.3 is 0 Å². The maximum atomic E-state index is 3.36. The van der Waals surface area contributed by atoms with E-state index in [0.29, 0.717) is 0 Å². The van der Waals surface area contributed by atoms with Crippen molar-refractivity contribution in [3.8, 4) is 0 Å². The number of hydrogen-bond donors (Lipinski definition) is 0. The van der Waals surface area contributed by atoms with Crippen LogP contribution in [0.1, 0.15) is 39.5 Å². The summed E-state index contributed by atoms with van der Waals surface area (Å²) >= 11 is 0. The minimum atomic E-state index is 0.833. The molecule has 0 saturated heterocycles. The van der Waals surface area contributed by atoms with Crippen LogP contribution in [0, 0.1) is 11.8 Å². The van der Waals surface area contributed by atoms with Gasteiger partial charge in [-0.3, -0.25) is 0 Å². The van der Waals surface area contributed by atoms with E-state index in [2.05, 4.69) is 80.3 Å². The third-order valence-electron chi connectivity index (χ3n) is 3.83. The van der Waals surface area contributed by atoms with Gasteiger partial charge in [0.2, 0.25) is 0 Å². The Morgan fingerprint density at radius 2 is 1.41 bits per heavy atom. The molecule has 2 bridgehead atoms. The number of fused-ring (bicyclic) bond motifs is 2. The molecule has 0 aromatic carbocycles. The summed E-state index contributed by atoms with van der Waals surface area (Å²) in [7, 11) is 0. The first kappa shape index (κ1) is 18.2. The zero-order valence-corrected chi connectivity index (χ0v) is 14.1. The molecule has 0 N–H and O–H groups in total. The maximum absolute atomic E-state index is 3.36. The smallest absolute Gasteiger partial charge is 0.00174 e. The molecule has 0 aromatic heterocycles. The zero-order chi connectivity index (χ0) is 16.0. The van der Waals surface area contributed by atoms with Gasteiger partial charge in [0.25, 0.3) is 0 Å². The van der Waals surface area contributed by atoms with Gasteiger partial charge in [-0.2, -0.15) is 0 Å². The first-order valence-corrected chi connectivity index (χ1v) is 8.35. The normalized spacial score (nSPS) is 26.2. The van der Waals surface area contributed by atoms with Crippen molar-refractivity contribution in [2.24, 2.45) is 11.8 Å². The van der Waals surface area contributed by atoms with Crippen LogP contribution >= 0.6 is 0 Å². The molecule has 0 amide bonds. The fraction of sp³-hybridized carbons (Fsp3) is 0.364. The number of allylic oxidation sites excluding steroid dienone is 13. The van der Waals surface area contributed by atoms with Crippen molar-refractivity contribution >= 4 is 0 Å². The van der Waals surface area contributed by atoms with E-state index in [9.17, 15) is 0 Å². The first-order valence-electron chi connectivity index (χ1n) is 8.35. The minimum absolute atomic E-state index is 0.833. The average Bonchev–Trinajstić information content (AvgIpc) is 3.37. The molecule has 1 fully saturated rings. The van der Waals surface area contributed by atoms with Crippen LogP contribution in [0.3, 0.4) is 0 Å². The van der Waals surface area contributed by atoms with Crippen LogP contribution < -0.4 is 0 Å². The highest BCUT2D eigenvalue weighted by atomic mass is 14.3.